The zero-order valence-corrected chi connectivity index (χ0v) is 12.7. The van der Waals surface area contributed by atoms with Crippen molar-refractivity contribution in [2.45, 2.75) is 33.7 Å². The Labute approximate surface area is 120 Å². The topological polar surface area (TPSA) is 50.4 Å². The molecule has 1 aromatic rings. The third-order valence-electron chi connectivity index (χ3n) is 4.02. The van der Waals surface area contributed by atoms with Crippen LogP contribution in [-0.2, 0) is 4.79 Å². The van der Waals surface area contributed by atoms with Crippen LogP contribution in [0.15, 0.2) is 18.2 Å². The van der Waals surface area contributed by atoms with Crippen LogP contribution in [0.3, 0.4) is 0 Å². The molecule has 4 nitrogen and oxygen atoms in total. The van der Waals surface area contributed by atoms with Crippen LogP contribution in [0, 0.1) is 11.8 Å². The Bertz CT molecular complexity index is 485. The molecule has 0 aromatic heterocycles. The number of hydrogen-bond acceptors (Lipinski definition) is 3. The SMILES string of the molecule is CC(NCC(C)C(C)C)c1ccc2c(c1)NC(=O)CO2. The molecule has 0 spiro atoms. The summed E-state index contributed by atoms with van der Waals surface area (Å²) < 4.78 is 5.37. The van der Waals surface area contributed by atoms with Crippen LogP contribution in [0.2, 0.25) is 0 Å². The first kappa shape index (κ1) is 14.9. The molecule has 0 fully saturated rings. The fourth-order valence-electron chi connectivity index (χ4n) is 2.09. The van der Waals surface area contributed by atoms with Gasteiger partial charge in [-0.15, -0.1) is 0 Å². The van der Waals surface area contributed by atoms with E-state index in [0.29, 0.717) is 11.8 Å². The average molecular weight is 276 g/mol. The summed E-state index contributed by atoms with van der Waals surface area (Å²) >= 11 is 0. The summed E-state index contributed by atoms with van der Waals surface area (Å²) in [6.45, 7) is 9.96. The van der Waals surface area contributed by atoms with Gasteiger partial charge in [0.25, 0.3) is 5.91 Å². The van der Waals surface area contributed by atoms with Crippen LogP contribution in [0.1, 0.15) is 39.3 Å². The Morgan fingerprint density at radius 1 is 1.30 bits per heavy atom. The number of ether oxygens (including phenoxy) is 1. The second kappa shape index (κ2) is 6.27. The van der Waals surface area contributed by atoms with Crippen LogP contribution >= 0.6 is 0 Å². The Kier molecular flexibility index (Phi) is 4.65. The summed E-state index contributed by atoms with van der Waals surface area (Å²) in [6, 6.07) is 6.21. The van der Waals surface area contributed by atoms with Crippen molar-refractivity contribution in [3.8, 4) is 5.75 Å². The quantitative estimate of drug-likeness (QED) is 0.869. The Morgan fingerprint density at radius 3 is 2.75 bits per heavy atom. The van der Waals surface area contributed by atoms with E-state index in [1.807, 2.05) is 18.2 Å². The maximum absolute atomic E-state index is 11.3. The molecule has 20 heavy (non-hydrogen) atoms. The van der Waals surface area contributed by atoms with E-state index >= 15 is 0 Å². The number of amides is 1. The molecule has 2 rings (SSSR count). The summed E-state index contributed by atoms with van der Waals surface area (Å²) in [6.07, 6.45) is 0. The fourth-order valence-corrected chi connectivity index (χ4v) is 2.09. The molecule has 0 radical (unpaired) electrons. The average Bonchev–Trinajstić information content (AvgIpc) is 2.43. The first-order valence-corrected chi connectivity index (χ1v) is 7.27. The predicted octanol–water partition coefficient (Wildman–Crippen LogP) is 2.96. The highest BCUT2D eigenvalue weighted by Crippen LogP contribution is 2.30. The van der Waals surface area contributed by atoms with Crippen molar-refractivity contribution >= 4 is 11.6 Å². The third kappa shape index (κ3) is 3.51. The van der Waals surface area contributed by atoms with E-state index in [0.717, 1.165) is 23.5 Å². The molecular weight excluding hydrogens is 252 g/mol. The van der Waals surface area contributed by atoms with Gasteiger partial charge in [-0.1, -0.05) is 26.8 Å². The van der Waals surface area contributed by atoms with Gasteiger partial charge in [0.05, 0.1) is 5.69 Å². The van der Waals surface area contributed by atoms with E-state index in [9.17, 15) is 4.79 Å². The number of fused-ring (bicyclic) bond motifs is 1. The molecule has 2 unspecified atom stereocenters. The van der Waals surface area contributed by atoms with Crippen molar-refractivity contribution in [2.75, 3.05) is 18.5 Å². The predicted molar refractivity (Wildman–Crippen MR) is 81.0 cm³/mol. The highest BCUT2D eigenvalue weighted by molar-refractivity contribution is 5.95. The van der Waals surface area contributed by atoms with Gasteiger partial charge in [-0.3, -0.25) is 4.79 Å². The summed E-state index contributed by atoms with van der Waals surface area (Å²) in [4.78, 5) is 11.3. The number of anilines is 1. The van der Waals surface area contributed by atoms with Gasteiger partial charge in [0.2, 0.25) is 0 Å². The van der Waals surface area contributed by atoms with Crippen LogP contribution in [0.5, 0.6) is 5.75 Å². The third-order valence-corrected chi connectivity index (χ3v) is 4.02. The van der Waals surface area contributed by atoms with Gasteiger partial charge in [-0.05, 0) is 43.0 Å². The molecule has 2 atom stereocenters. The minimum Gasteiger partial charge on any atom is -0.482 e. The molecule has 110 valence electrons. The second-order valence-electron chi connectivity index (χ2n) is 5.94. The number of carbonyl (C=O) groups excluding carboxylic acids is 1. The maximum Gasteiger partial charge on any atom is 0.262 e. The van der Waals surface area contributed by atoms with Crippen LogP contribution in [0.4, 0.5) is 5.69 Å². The molecule has 1 aromatic carbocycles. The number of nitrogens with one attached hydrogen (secondary N) is 2. The van der Waals surface area contributed by atoms with Crippen molar-refractivity contribution in [1.29, 1.82) is 0 Å². The zero-order chi connectivity index (χ0) is 14.7. The lowest BCUT2D eigenvalue weighted by Gasteiger charge is -2.23. The van der Waals surface area contributed by atoms with Crippen molar-refractivity contribution in [3.05, 3.63) is 23.8 Å². The molecule has 1 aliphatic heterocycles. The van der Waals surface area contributed by atoms with E-state index < -0.39 is 0 Å². The molecule has 1 amide bonds. The maximum atomic E-state index is 11.3. The van der Waals surface area contributed by atoms with Crippen molar-refractivity contribution < 1.29 is 9.53 Å². The summed E-state index contributed by atoms with van der Waals surface area (Å²) in [7, 11) is 0. The summed E-state index contributed by atoms with van der Waals surface area (Å²) in [5.41, 5.74) is 1.93. The van der Waals surface area contributed by atoms with Gasteiger partial charge in [0, 0.05) is 6.04 Å². The van der Waals surface area contributed by atoms with Crippen molar-refractivity contribution in [3.63, 3.8) is 0 Å². The number of benzene rings is 1. The molecule has 4 heteroatoms. The molecule has 0 saturated carbocycles. The van der Waals surface area contributed by atoms with Gasteiger partial charge in [-0.25, -0.2) is 0 Å². The van der Waals surface area contributed by atoms with Crippen molar-refractivity contribution in [1.82, 2.24) is 5.32 Å². The smallest absolute Gasteiger partial charge is 0.262 e. The van der Waals surface area contributed by atoms with Crippen LogP contribution < -0.4 is 15.4 Å². The van der Waals surface area contributed by atoms with E-state index in [1.165, 1.54) is 0 Å². The van der Waals surface area contributed by atoms with Crippen LogP contribution in [0.25, 0.3) is 0 Å². The molecule has 1 heterocycles. The first-order chi connectivity index (χ1) is 9.47. The largest absolute Gasteiger partial charge is 0.482 e. The summed E-state index contributed by atoms with van der Waals surface area (Å²) in [5.74, 6) is 1.96. The number of rotatable bonds is 5. The molecule has 0 saturated heterocycles. The minimum atomic E-state index is -0.0938. The highest BCUT2D eigenvalue weighted by Gasteiger charge is 2.17. The Hall–Kier alpha value is -1.55. The lowest BCUT2D eigenvalue weighted by Crippen LogP contribution is -2.28. The van der Waals surface area contributed by atoms with E-state index in [-0.39, 0.29) is 18.6 Å². The number of hydrogen-bond donors (Lipinski definition) is 2. The molecule has 0 bridgehead atoms. The number of carbonyl (C=O) groups is 1. The van der Waals surface area contributed by atoms with Gasteiger partial charge in [0.1, 0.15) is 5.75 Å². The van der Waals surface area contributed by atoms with E-state index in [4.69, 9.17) is 4.74 Å². The Balaban J connectivity index is 2.02. The second-order valence-corrected chi connectivity index (χ2v) is 5.94. The minimum absolute atomic E-state index is 0.0938. The molecule has 2 N–H and O–H groups in total. The molecule has 0 aliphatic carbocycles. The monoisotopic (exact) mass is 276 g/mol. The van der Waals surface area contributed by atoms with Gasteiger partial charge in [-0.2, -0.15) is 0 Å². The standard InChI is InChI=1S/C16H24N2O2/c1-10(2)11(3)8-17-12(4)13-5-6-15-14(7-13)18-16(19)9-20-15/h5-7,10-12,17H,8-9H2,1-4H3,(H,18,19). The lowest BCUT2D eigenvalue weighted by molar-refractivity contribution is -0.118. The lowest BCUT2D eigenvalue weighted by atomic mass is 9.97. The van der Waals surface area contributed by atoms with E-state index in [2.05, 4.69) is 38.3 Å². The normalized spacial score (nSPS) is 17.1. The van der Waals surface area contributed by atoms with Crippen LogP contribution in [-0.4, -0.2) is 19.1 Å². The van der Waals surface area contributed by atoms with E-state index in [1.54, 1.807) is 0 Å². The van der Waals surface area contributed by atoms with Gasteiger partial charge < -0.3 is 15.4 Å². The Morgan fingerprint density at radius 2 is 2.05 bits per heavy atom. The molecule has 1 aliphatic rings. The molecular formula is C16H24N2O2. The summed E-state index contributed by atoms with van der Waals surface area (Å²) in [5, 5.41) is 6.39. The highest BCUT2D eigenvalue weighted by atomic mass is 16.5. The zero-order valence-electron chi connectivity index (χ0n) is 12.7. The first-order valence-electron chi connectivity index (χ1n) is 7.27. The van der Waals surface area contributed by atoms with Crippen molar-refractivity contribution in [2.24, 2.45) is 11.8 Å². The fraction of sp³-hybridized carbons (Fsp3) is 0.562. The van der Waals surface area contributed by atoms with Gasteiger partial charge >= 0.3 is 0 Å². The van der Waals surface area contributed by atoms with Gasteiger partial charge in [0.15, 0.2) is 6.61 Å².